The topological polar surface area (TPSA) is 96.3 Å². The van der Waals surface area contributed by atoms with Gasteiger partial charge in [-0.15, -0.1) is 0 Å². The van der Waals surface area contributed by atoms with Crippen molar-refractivity contribution < 1.29 is 21.8 Å². The molecule has 162 valence electrons. The van der Waals surface area contributed by atoms with Crippen LogP contribution < -0.4 is 9.50 Å². The van der Waals surface area contributed by atoms with E-state index in [2.05, 4.69) is 5.32 Å². The molecule has 0 saturated carbocycles. The first-order valence-electron chi connectivity index (χ1n) is 8.87. The highest BCUT2D eigenvalue weighted by Crippen LogP contribution is 2.36. The van der Waals surface area contributed by atoms with Gasteiger partial charge in [0.1, 0.15) is 22.4 Å². The number of anilines is 1. The molecule has 3 aromatic carbocycles. The van der Waals surface area contributed by atoms with Crippen LogP contribution in [0.2, 0.25) is 10.0 Å². The highest BCUT2D eigenvalue weighted by Gasteiger charge is 2.21. The van der Waals surface area contributed by atoms with Gasteiger partial charge in [0, 0.05) is 5.69 Å². The number of nitrogens with zero attached hydrogens (tertiary/aromatic N) is 1. The zero-order chi connectivity index (χ0) is 23.3. The number of hydrogen-bond donors (Lipinski definition) is 1. The molecular weight excluding hydrogens is 478 g/mol. The van der Waals surface area contributed by atoms with Crippen molar-refractivity contribution in [3.8, 4) is 11.8 Å². The minimum Gasteiger partial charge on any atom is -0.376 e. The molecule has 0 aliphatic carbocycles. The summed E-state index contributed by atoms with van der Waals surface area (Å²) in [6.07, 6.45) is 1.21. The first-order valence-corrected chi connectivity index (χ1v) is 11.0. The zero-order valence-electron chi connectivity index (χ0n) is 16.1. The Morgan fingerprint density at radius 3 is 2.19 bits per heavy atom. The molecule has 0 heterocycles. The second-order valence-corrected chi connectivity index (χ2v) is 8.66. The molecule has 3 rings (SSSR count). The molecule has 0 unspecified atom stereocenters. The second-order valence-electron chi connectivity index (χ2n) is 6.30. The minimum absolute atomic E-state index is 0.0830. The summed E-state index contributed by atoms with van der Waals surface area (Å²) in [5, 5.41) is 11.5. The van der Waals surface area contributed by atoms with E-state index in [0.29, 0.717) is 5.69 Å². The molecule has 0 spiro atoms. The van der Waals surface area contributed by atoms with Gasteiger partial charge in [-0.2, -0.15) is 13.7 Å². The molecule has 10 heteroatoms. The van der Waals surface area contributed by atoms with Gasteiger partial charge in [-0.25, -0.2) is 4.39 Å². The summed E-state index contributed by atoms with van der Waals surface area (Å²) in [5.41, 5.74) is 0.269. The monoisotopic (exact) mass is 490 g/mol. The molecule has 0 aromatic heterocycles. The van der Waals surface area contributed by atoms with Gasteiger partial charge in [0.05, 0.1) is 10.0 Å². The molecule has 0 bridgehead atoms. The summed E-state index contributed by atoms with van der Waals surface area (Å²) in [5.74, 6) is -1.50. The molecule has 0 aliphatic heterocycles. The Bertz CT molecular complexity index is 1310. The van der Waals surface area contributed by atoms with Crippen LogP contribution in [-0.2, 0) is 14.9 Å². The molecule has 0 fully saturated rings. The van der Waals surface area contributed by atoms with Crippen molar-refractivity contribution >= 4 is 51.0 Å². The molecule has 1 N–H and O–H groups in total. The molecule has 0 atom stereocenters. The van der Waals surface area contributed by atoms with Crippen LogP contribution in [0.1, 0.15) is 5.56 Å². The lowest BCUT2D eigenvalue weighted by Crippen LogP contribution is -2.13. The third kappa shape index (κ3) is 5.65. The van der Waals surface area contributed by atoms with Crippen molar-refractivity contribution in [2.45, 2.75) is 4.90 Å². The summed E-state index contributed by atoms with van der Waals surface area (Å²) >= 11 is 12.3. The van der Waals surface area contributed by atoms with Crippen molar-refractivity contribution in [3.63, 3.8) is 0 Å². The van der Waals surface area contributed by atoms with Gasteiger partial charge < -0.3 is 9.50 Å². The van der Waals surface area contributed by atoms with Crippen molar-refractivity contribution in [1.29, 1.82) is 5.26 Å². The molecule has 0 radical (unpaired) electrons. The van der Waals surface area contributed by atoms with Crippen LogP contribution in [0.25, 0.3) is 6.08 Å². The third-order valence-electron chi connectivity index (χ3n) is 4.02. The Balaban J connectivity index is 1.86. The van der Waals surface area contributed by atoms with E-state index in [0.717, 1.165) is 12.1 Å². The summed E-state index contributed by atoms with van der Waals surface area (Å²) in [4.78, 5) is 12.3. The van der Waals surface area contributed by atoms with E-state index in [1.165, 1.54) is 54.6 Å². The molecule has 3 aromatic rings. The van der Waals surface area contributed by atoms with Crippen LogP contribution in [0.3, 0.4) is 0 Å². The minimum atomic E-state index is -4.18. The van der Waals surface area contributed by atoms with Gasteiger partial charge in [0.25, 0.3) is 5.91 Å². The summed E-state index contributed by atoms with van der Waals surface area (Å²) < 4.78 is 42.9. The maximum Gasteiger partial charge on any atom is 0.339 e. The van der Waals surface area contributed by atoms with Crippen LogP contribution in [0.5, 0.6) is 5.75 Å². The zero-order valence-corrected chi connectivity index (χ0v) is 18.4. The molecule has 6 nitrogen and oxygen atoms in total. The Morgan fingerprint density at radius 2 is 1.62 bits per heavy atom. The molecule has 0 saturated heterocycles. The molecular formula is C22H13Cl2FN2O4S. The van der Waals surface area contributed by atoms with Gasteiger partial charge in [-0.3, -0.25) is 4.79 Å². The Hall–Kier alpha value is -3.38. The fourth-order valence-corrected chi connectivity index (χ4v) is 4.19. The lowest BCUT2D eigenvalue weighted by molar-refractivity contribution is -0.112. The van der Waals surface area contributed by atoms with E-state index in [1.807, 2.05) is 0 Å². The number of hydrogen-bond acceptors (Lipinski definition) is 5. The second kappa shape index (κ2) is 9.83. The summed E-state index contributed by atoms with van der Waals surface area (Å²) in [6.45, 7) is 0. The van der Waals surface area contributed by atoms with Crippen molar-refractivity contribution in [3.05, 3.63) is 93.7 Å². The third-order valence-corrected chi connectivity index (χ3v) is 5.82. The first kappa shape index (κ1) is 23.3. The van der Waals surface area contributed by atoms with Gasteiger partial charge in [-0.1, -0.05) is 41.4 Å². The van der Waals surface area contributed by atoms with Gasteiger partial charge in [0.15, 0.2) is 5.75 Å². The number of nitriles is 1. The van der Waals surface area contributed by atoms with Crippen LogP contribution >= 0.6 is 23.2 Å². The molecule has 32 heavy (non-hydrogen) atoms. The average Bonchev–Trinajstić information content (AvgIpc) is 2.77. The SMILES string of the molecule is N#C/C(=C\c1cc(Cl)c(OS(=O)(=O)c2ccccc2)c(Cl)c1)C(=O)Nc1ccc(F)cc1. The van der Waals surface area contributed by atoms with Crippen LogP contribution in [0.15, 0.2) is 77.2 Å². The predicted octanol–water partition coefficient (Wildman–Crippen LogP) is 5.45. The number of amides is 1. The summed E-state index contributed by atoms with van der Waals surface area (Å²) in [6, 6.07) is 16.8. The van der Waals surface area contributed by atoms with Crippen molar-refractivity contribution in [2.75, 3.05) is 5.32 Å². The van der Waals surface area contributed by atoms with Gasteiger partial charge in [0.2, 0.25) is 0 Å². The van der Waals surface area contributed by atoms with E-state index >= 15 is 0 Å². The number of carbonyl (C=O) groups excluding carboxylic acids is 1. The highest BCUT2D eigenvalue weighted by molar-refractivity contribution is 7.87. The quantitative estimate of drug-likeness (QED) is 0.281. The smallest absolute Gasteiger partial charge is 0.339 e. The van der Waals surface area contributed by atoms with Crippen LogP contribution in [0, 0.1) is 17.1 Å². The van der Waals surface area contributed by atoms with Crippen molar-refractivity contribution in [2.24, 2.45) is 0 Å². The predicted molar refractivity (Wildman–Crippen MR) is 119 cm³/mol. The highest BCUT2D eigenvalue weighted by atomic mass is 35.5. The first-order chi connectivity index (χ1) is 15.2. The van der Waals surface area contributed by atoms with Gasteiger partial charge >= 0.3 is 10.1 Å². The average molecular weight is 491 g/mol. The van der Waals surface area contributed by atoms with E-state index < -0.39 is 21.8 Å². The number of halogens is 3. The van der Waals surface area contributed by atoms with Crippen molar-refractivity contribution in [1.82, 2.24) is 0 Å². The number of rotatable bonds is 6. The maximum atomic E-state index is 13.0. The fourth-order valence-electron chi connectivity index (χ4n) is 2.53. The normalized spacial score (nSPS) is 11.5. The van der Waals surface area contributed by atoms with Gasteiger partial charge in [-0.05, 0) is 60.2 Å². The summed E-state index contributed by atoms with van der Waals surface area (Å²) in [7, 11) is -4.18. The molecule has 0 aliphatic rings. The Kier molecular flexibility index (Phi) is 7.15. The Labute approximate surface area is 193 Å². The van der Waals surface area contributed by atoms with E-state index in [-0.39, 0.29) is 31.8 Å². The molecule has 1 amide bonds. The lowest BCUT2D eigenvalue weighted by Gasteiger charge is -2.11. The van der Waals surface area contributed by atoms with E-state index in [1.54, 1.807) is 12.1 Å². The number of nitrogens with one attached hydrogen (secondary N) is 1. The number of carbonyl (C=O) groups is 1. The number of benzene rings is 3. The fraction of sp³-hybridized carbons (Fsp3) is 0. The van der Waals surface area contributed by atoms with E-state index in [9.17, 15) is 22.9 Å². The van der Waals surface area contributed by atoms with Crippen LogP contribution in [-0.4, -0.2) is 14.3 Å². The lowest BCUT2D eigenvalue weighted by atomic mass is 10.1. The largest absolute Gasteiger partial charge is 0.376 e. The standard InChI is InChI=1S/C22H13Cl2FN2O4S/c23-19-11-14(10-15(13-26)22(28)27-17-8-6-16(25)7-9-17)12-20(24)21(19)31-32(29,30)18-4-2-1-3-5-18/h1-12H,(H,27,28)/b15-10+. The van der Waals surface area contributed by atoms with E-state index in [4.69, 9.17) is 27.4 Å². The maximum absolute atomic E-state index is 13.0. The van der Waals surface area contributed by atoms with Crippen LogP contribution in [0.4, 0.5) is 10.1 Å². The Morgan fingerprint density at radius 1 is 1.03 bits per heavy atom.